The lowest BCUT2D eigenvalue weighted by Crippen LogP contribution is -2.49. The first-order chi connectivity index (χ1) is 34.1. The second-order valence-electron chi connectivity index (χ2n) is 23.4. The smallest absolute Gasteiger partial charge is 0.0467 e. The van der Waals surface area contributed by atoms with Crippen LogP contribution in [0.5, 0.6) is 0 Å². The number of anilines is 3. The van der Waals surface area contributed by atoms with E-state index in [0.717, 1.165) is 28.9 Å². The first-order valence-electron chi connectivity index (χ1n) is 26.8. The summed E-state index contributed by atoms with van der Waals surface area (Å²) in [7, 11) is 0. The third-order valence-corrected chi connectivity index (χ3v) is 18.4. The Morgan fingerprint density at radius 3 is 1.60 bits per heavy atom. The number of hydrogen-bond acceptors (Lipinski definition) is 1. The minimum Gasteiger partial charge on any atom is -0.310 e. The van der Waals surface area contributed by atoms with Crippen LogP contribution in [-0.4, -0.2) is 0 Å². The summed E-state index contributed by atoms with van der Waals surface area (Å²) in [6.07, 6.45) is 11.9. The molecule has 5 aliphatic carbocycles. The predicted molar refractivity (Wildman–Crippen MR) is 295 cm³/mol. The van der Waals surface area contributed by atoms with Gasteiger partial charge in [-0.1, -0.05) is 187 Å². The number of nitrogens with zero attached hydrogens (tertiary/aromatic N) is 1. The van der Waals surface area contributed by atoms with Crippen molar-refractivity contribution in [2.24, 2.45) is 23.7 Å². The van der Waals surface area contributed by atoms with Gasteiger partial charge in [0.25, 0.3) is 0 Å². The molecule has 3 saturated carbocycles. The van der Waals surface area contributed by atoms with Crippen LogP contribution in [0.2, 0.25) is 0 Å². The van der Waals surface area contributed by atoms with Crippen molar-refractivity contribution in [2.45, 2.75) is 109 Å². The van der Waals surface area contributed by atoms with E-state index in [1.54, 1.807) is 16.7 Å². The lowest BCUT2D eigenvalue weighted by atomic mass is 9.49. The monoisotopic (exact) mass is 910 g/mol. The summed E-state index contributed by atoms with van der Waals surface area (Å²) in [4.78, 5) is 2.45. The molecule has 1 nitrogen and oxygen atoms in total. The molecule has 348 valence electrons. The van der Waals surface area contributed by atoms with E-state index in [9.17, 15) is 0 Å². The van der Waals surface area contributed by atoms with Crippen LogP contribution < -0.4 is 4.90 Å². The molecular weight excluding hydrogens is 843 g/mol. The molecule has 13 rings (SSSR count). The van der Waals surface area contributed by atoms with E-state index < -0.39 is 0 Å². The van der Waals surface area contributed by atoms with Gasteiger partial charge in [-0.2, -0.15) is 0 Å². The van der Waals surface area contributed by atoms with Gasteiger partial charge in [0.05, 0.1) is 0 Å². The van der Waals surface area contributed by atoms with Gasteiger partial charge < -0.3 is 4.90 Å². The predicted octanol–water partition coefficient (Wildman–Crippen LogP) is 19.0. The Morgan fingerprint density at radius 2 is 0.929 bits per heavy atom. The molecule has 1 unspecified atom stereocenters. The van der Waals surface area contributed by atoms with Crippen molar-refractivity contribution in [3.8, 4) is 55.6 Å². The van der Waals surface area contributed by atoms with Gasteiger partial charge in [0.2, 0.25) is 0 Å². The summed E-state index contributed by atoms with van der Waals surface area (Å²) in [6.45, 7) is 11.9. The highest BCUT2D eigenvalue weighted by Crippen LogP contribution is 2.65. The largest absolute Gasteiger partial charge is 0.310 e. The lowest BCUT2D eigenvalue weighted by molar-refractivity contribution is 0.0426. The molecule has 5 atom stereocenters. The standard InChI is InChI=1S/C69H67N/c1-45-38-47-40-46(2)69(55(39-45)41-47)65-19-10-8-17-60(65)62-43-52(27-35-66(62)69)50-24-32-57(33-25-50)70(56-30-22-49(23-31-56)48-20-28-54(29-21-48)67(3,4)5)58-15-13-14-51(42-58)53-26-34-64-61(44-53)59-16-7-9-18-63(59)68(64)36-11-6-12-37-68/h7-10,13-35,42-47,55H,6,11-12,36-41H2,1-5H3/t45-,46+,47?,55-,69-/m1/s1. The van der Waals surface area contributed by atoms with E-state index in [4.69, 9.17) is 0 Å². The number of benzene rings is 8. The molecule has 0 radical (unpaired) electrons. The molecular formula is C69H67N. The van der Waals surface area contributed by atoms with Gasteiger partial charge in [0.15, 0.2) is 0 Å². The molecule has 0 N–H and O–H groups in total. The first-order valence-corrected chi connectivity index (χ1v) is 26.8. The summed E-state index contributed by atoms with van der Waals surface area (Å²) < 4.78 is 0. The number of rotatable bonds is 6. The van der Waals surface area contributed by atoms with Crippen LogP contribution in [0.3, 0.4) is 0 Å². The topological polar surface area (TPSA) is 3.24 Å². The zero-order chi connectivity index (χ0) is 47.4. The SMILES string of the molecule is C[C@@H]1CC2C[C@@H](C1)[C@@]1(c3ccccc3-c3cc(-c4ccc(N(c5ccc(-c6ccc(C(C)(C)C)cc6)cc5)c5cccc(-c6ccc7c(c6)-c6ccccc6C76CCCCC6)c5)cc4)ccc31)[C@@H](C)C2. The third-order valence-electron chi connectivity index (χ3n) is 18.4. The molecule has 8 aromatic carbocycles. The highest BCUT2D eigenvalue weighted by Gasteiger charge is 2.56. The summed E-state index contributed by atoms with van der Waals surface area (Å²) in [5.74, 6) is 3.02. The Hall–Kier alpha value is -6.44. The first kappa shape index (κ1) is 43.6. The van der Waals surface area contributed by atoms with E-state index in [2.05, 4.69) is 222 Å². The maximum atomic E-state index is 2.57. The second-order valence-corrected chi connectivity index (χ2v) is 23.4. The summed E-state index contributed by atoms with van der Waals surface area (Å²) in [5.41, 5.74) is 24.7. The molecule has 2 bridgehead atoms. The molecule has 0 amide bonds. The highest BCUT2D eigenvalue weighted by molar-refractivity contribution is 5.88. The second kappa shape index (κ2) is 16.6. The summed E-state index contributed by atoms with van der Waals surface area (Å²) >= 11 is 0. The zero-order valence-electron chi connectivity index (χ0n) is 41.9. The zero-order valence-corrected chi connectivity index (χ0v) is 41.9. The maximum absolute atomic E-state index is 2.57. The molecule has 1 heteroatoms. The van der Waals surface area contributed by atoms with Crippen LogP contribution in [0.15, 0.2) is 182 Å². The quantitative estimate of drug-likeness (QED) is 0.161. The molecule has 0 saturated heterocycles. The Bertz CT molecular complexity index is 3260. The van der Waals surface area contributed by atoms with Crippen molar-refractivity contribution in [3.63, 3.8) is 0 Å². The van der Waals surface area contributed by atoms with E-state index >= 15 is 0 Å². The minimum atomic E-state index is 0.113. The number of fused-ring (bicyclic) bond motifs is 13. The summed E-state index contributed by atoms with van der Waals surface area (Å²) in [6, 6.07) is 70.5. The van der Waals surface area contributed by atoms with Gasteiger partial charge in [-0.25, -0.2) is 0 Å². The van der Waals surface area contributed by atoms with E-state index in [0.29, 0.717) is 11.8 Å². The van der Waals surface area contributed by atoms with Crippen molar-refractivity contribution in [2.75, 3.05) is 4.90 Å². The van der Waals surface area contributed by atoms with Gasteiger partial charge in [0.1, 0.15) is 0 Å². The molecule has 70 heavy (non-hydrogen) atoms. The lowest BCUT2D eigenvalue weighted by Gasteiger charge is -2.54. The molecule has 3 fully saturated rings. The highest BCUT2D eigenvalue weighted by atomic mass is 15.1. The van der Waals surface area contributed by atoms with Crippen molar-refractivity contribution in [1.29, 1.82) is 0 Å². The van der Waals surface area contributed by atoms with E-state index in [-0.39, 0.29) is 16.2 Å². The Balaban J connectivity index is 0.877. The van der Waals surface area contributed by atoms with Gasteiger partial charge in [-0.05, 0) is 200 Å². The van der Waals surface area contributed by atoms with Crippen molar-refractivity contribution in [1.82, 2.24) is 0 Å². The molecule has 0 aliphatic heterocycles. The van der Waals surface area contributed by atoms with Crippen LogP contribution in [0.25, 0.3) is 55.6 Å². The van der Waals surface area contributed by atoms with Crippen LogP contribution in [0, 0.1) is 23.7 Å². The Kier molecular flexibility index (Phi) is 10.3. The van der Waals surface area contributed by atoms with Gasteiger partial charge >= 0.3 is 0 Å². The van der Waals surface area contributed by atoms with Crippen molar-refractivity contribution in [3.05, 3.63) is 210 Å². The van der Waals surface area contributed by atoms with Crippen molar-refractivity contribution >= 4 is 17.1 Å². The van der Waals surface area contributed by atoms with Gasteiger partial charge in [0, 0.05) is 27.9 Å². The van der Waals surface area contributed by atoms with Crippen LogP contribution in [0.4, 0.5) is 17.1 Å². The Labute approximate surface area is 417 Å². The van der Waals surface area contributed by atoms with Gasteiger partial charge in [-0.15, -0.1) is 0 Å². The normalized spacial score (nSPS) is 22.6. The molecule has 2 spiro atoms. The molecule has 8 aromatic rings. The molecule has 0 aromatic heterocycles. The summed E-state index contributed by atoms with van der Waals surface area (Å²) in [5, 5.41) is 0. The fourth-order valence-electron chi connectivity index (χ4n) is 15.3. The van der Waals surface area contributed by atoms with Crippen LogP contribution in [-0.2, 0) is 16.2 Å². The Morgan fingerprint density at radius 1 is 0.414 bits per heavy atom. The van der Waals surface area contributed by atoms with Gasteiger partial charge in [-0.3, -0.25) is 0 Å². The fraction of sp³-hybridized carbons (Fsp3) is 0.304. The maximum Gasteiger partial charge on any atom is 0.0467 e. The minimum absolute atomic E-state index is 0.113. The van der Waals surface area contributed by atoms with Crippen molar-refractivity contribution < 1.29 is 0 Å². The fourth-order valence-corrected chi connectivity index (χ4v) is 15.3. The molecule has 5 aliphatic rings. The van der Waals surface area contributed by atoms with Crippen LogP contribution in [0.1, 0.15) is 120 Å². The average molecular weight is 910 g/mol. The van der Waals surface area contributed by atoms with Crippen LogP contribution >= 0.6 is 0 Å². The van der Waals surface area contributed by atoms with E-state index in [1.807, 2.05) is 0 Å². The number of hydrogen-bond donors (Lipinski definition) is 0. The van der Waals surface area contributed by atoms with E-state index in [1.165, 1.54) is 125 Å². The molecule has 0 heterocycles. The average Bonchev–Trinajstić information content (AvgIpc) is 3.83. The third kappa shape index (κ3) is 6.85.